The van der Waals surface area contributed by atoms with Crippen LogP contribution >= 0.6 is 32.6 Å². The van der Waals surface area contributed by atoms with Crippen molar-refractivity contribution < 1.29 is 4.39 Å². The minimum atomic E-state index is -0.279. The fourth-order valence-corrected chi connectivity index (χ4v) is 4.47. The Balaban J connectivity index is 1.64. The van der Waals surface area contributed by atoms with Crippen molar-refractivity contribution in [1.29, 1.82) is 5.41 Å². The van der Waals surface area contributed by atoms with Gasteiger partial charge in [-0.25, -0.2) is 9.37 Å². The molecule has 1 unspecified atom stereocenters. The molecule has 2 aromatic rings. The number of nitrogens with zero attached hydrogens (tertiary/aromatic N) is 3. The van der Waals surface area contributed by atoms with Crippen LogP contribution in [0.15, 0.2) is 41.6 Å². The standard InChI is InChI=1S/C18H21ClFN4PS/c19-15-4-1-5-16(20)14(15)12-26-17-13(3-2-6-22-17)11-23-7-9-24(10-8-23)18(21)25/h1-6,21H,7-12,25H2. The first kappa shape index (κ1) is 19.6. The minimum Gasteiger partial charge on any atom is -0.355 e. The molecule has 0 bridgehead atoms. The predicted molar refractivity (Wildman–Crippen MR) is 109 cm³/mol. The molecule has 1 N–H and O–H groups in total. The van der Waals surface area contributed by atoms with Gasteiger partial charge in [-0.15, -0.1) is 11.8 Å². The highest BCUT2D eigenvalue weighted by atomic mass is 35.5. The Morgan fingerprint density at radius 3 is 2.69 bits per heavy atom. The van der Waals surface area contributed by atoms with E-state index < -0.39 is 0 Å². The zero-order chi connectivity index (χ0) is 18.5. The van der Waals surface area contributed by atoms with Crippen LogP contribution < -0.4 is 0 Å². The minimum absolute atomic E-state index is 0.279. The summed E-state index contributed by atoms with van der Waals surface area (Å²) in [5.74, 6) is 0.173. The molecule has 0 spiro atoms. The molecule has 4 nitrogen and oxygen atoms in total. The second-order valence-electron chi connectivity index (χ2n) is 6.11. The normalized spacial score (nSPS) is 15.3. The maximum absolute atomic E-state index is 14.0. The van der Waals surface area contributed by atoms with E-state index in [1.807, 2.05) is 6.07 Å². The largest absolute Gasteiger partial charge is 0.355 e. The number of piperazine rings is 1. The highest BCUT2D eigenvalue weighted by Crippen LogP contribution is 2.29. The first-order valence-corrected chi connectivity index (χ1v) is 10.3. The highest BCUT2D eigenvalue weighted by molar-refractivity contribution is 7.98. The van der Waals surface area contributed by atoms with E-state index in [2.05, 4.69) is 30.1 Å². The van der Waals surface area contributed by atoms with Crippen LogP contribution in [-0.2, 0) is 12.3 Å². The lowest BCUT2D eigenvalue weighted by atomic mass is 10.2. The number of hydrogen-bond acceptors (Lipinski definition) is 4. The monoisotopic (exact) mass is 410 g/mol. The lowest BCUT2D eigenvalue weighted by Crippen LogP contribution is -2.46. The molecule has 0 amide bonds. The summed E-state index contributed by atoms with van der Waals surface area (Å²) in [6.45, 7) is 4.34. The molecule has 1 fully saturated rings. The Bertz CT molecular complexity index is 763. The molecule has 26 heavy (non-hydrogen) atoms. The Morgan fingerprint density at radius 1 is 1.23 bits per heavy atom. The van der Waals surface area contributed by atoms with Crippen LogP contribution in [0.25, 0.3) is 0 Å². The Morgan fingerprint density at radius 2 is 2.00 bits per heavy atom. The summed E-state index contributed by atoms with van der Waals surface area (Å²) in [5.41, 5.74) is 2.20. The maximum Gasteiger partial charge on any atom is 0.128 e. The average Bonchev–Trinajstić information content (AvgIpc) is 2.63. The summed E-state index contributed by atoms with van der Waals surface area (Å²) in [6, 6.07) is 8.77. The van der Waals surface area contributed by atoms with Gasteiger partial charge in [-0.2, -0.15) is 0 Å². The van der Waals surface area contributed by atoms with E-state index in [4.69, 9.17) is 17.0 Å². The summed E-state index contributed by atoms with van der Waals surface area (Å²) in [5, 5.41) is 9.06. The number of amidine groups is 1. The lowest BCUT2D eigenvalue weighted by Gasteiger charge is -2.35. The van der Waals surface area contributed by atoms with Crippen molar-refractivity contribution in [3.8, 4) is 0 Å². The first-order valence-electron chi connectivity index (χ1n) is 8.35. The number of halogens is 2. The van der Waals surface area contributed by atoms with E-state index in [1.165, 1.54) is 17.8 Å². The van der Waals surface area contributed by atoms with Crippen LogP contribution in [0.1, 0.15) is 11.1 Å². The van der Waals surface area contributed by atoms with Gasteiger partial charge < -0.3 is 4.90 Å². The van der Waals surface area contributed by atoms with Gasteiger partial charge in [-0.1, -0.05) is 33.0 Å². The molecule has 1 aromatic carbocycles. The van der Waals surface area contributed by atoms with Crippen molar-refractivity contribution in [2.75, 3.05) is 26.2 Å². The molecule has 1 atom stereocenters. The summed E-state index contributed by atoms with van der Waals surface area (Å²) in [6.07, 6.45) is 1.77. The molecular weight excluding hydrogens is 390 g/mol. The Kier molecular flexibility index (Phi) is 6.87. The Hall–Kier alpha value is -1.20. The Labute approximate surface area is 164 Å². The molecule has 8 heteroatoms. The molecule has 3 rings (SSSR count). The van der Waals surface area contributed by atoms with Crippen LogP contribution in [-0.4, -0.2) is 46.5 Å². The second-order valence-corrected chi connectivity index (χ2v) is 8.02. The third kappa shape index (κ3) is 4.95. The molecular formula is C18H21ClFN4PS. The molecule has 0 saturated carbocycles. The molecule has 1 aliphatic heterocycles. The quantitative estimate of drug-likeness (QED) is 0.349. The molecule has 1 aliphatic rings. The number of thioether (sulfide) groups is 1. The summed E-state index contributed by atoms with van der Waals surface area (Å²) < 4.78 is 14.0. The van der Waals surface area contributed by atoms with Crippen LogP contribution in [0.3, 0.4) is 0 Å². The van der Waals surface area contributed by atoms with Crippen molar-refractivity contribution >= 4 is 38.2 Å². The third-order valence-corrected chi connectivity index (χ3v) is 6.17. The first-order chi connectivity index (χ1) is 12.5. The van der Waals surface area contributed by atoms with Crippen molar-refractivity contribution in [2.24, 2.45) is 0 Å². The van der Waals surface area contributed by atoms with E-state index in [1.54, 1.807) is 18.3 Å². The van der Waals surface area contributed by atoms with Crippen LogP contribution in [0.4, 0.5) is 4.39 Å². The van der Waals surface area contributed by atoms with Gasteiger partial charge in [0.15, 0.2) is 0 Å². The van der Waals surface area contributed by atoms with Gasteiger partial charge >= 0.3 is 0 Å². The zero-order valence-corrected chi connectivity index (χ0v) is 17.0. The summed E-state index contributed by atoms with van der Waals surface area (Å²) in [4.78, 5) is 8.90. The van der Waals surface area contributed by atoms with E-state index in [9.17, 15) is 4.39 Å². The molecule has 0 radical (unpaired) electrons. The van der Waals surface area contributed by atoms with Gasteiger partial charge in [0.2, 0.25) is 0 Å². The number of pyridine rings is 1. The maximum atomic E-state index is 14.0. The van der Waals surface area contributed by atoms with Crippen molar-refractivity contribution in [2.45, 2.75) is 17.3 Å². The van der Waals surface area contributed by atoms with E-state index in [0.29, 0.717) is 21.9 Å². The van der Waals surface area contributed by atoms with Crippen LogP contribution in [0.2, 0.25) is 5.02 Å². The second kappa shape index (κ2) is 9.14. The molecule has 1 saturated heterocycles. The SMILES string of the molecule is N=C(P)N1CCN(Cc2cccnc2SCc2c(F)cccc2Cl)CC1. The predicted octanol–water partition coefficient (Wildman–Crippen LogP) is 4.09. The number of benzene rings is 1. The van der Waals surface area contributed by atoms with Gasteiger partial charge in [-0.05, 0) is 23.8 Å². The fraction of sp³-hybridized carbons (Fsp3) is 0.333. The average molecular weight is 411 g/mol. The van der Waals surface area contributed by atoms with Crippen molar-refractivity contribution in [3.05, 3.63) is 58.5 Å². The topological polar surface area (TPSA) is 43.2 Å². The summed E-state index contributed by atoms with van der Waals surface area (Å²) in [7, 11) is 2.45. The summed E-state index contributed by atoms with van der Waals surface area (Å²) >= 11 is 7.64. The fourth-order valence-electron chi connectivity index (χ4n) is 2.87. The van der Waals surface area contributed by atoms with Gasteiger partial charge in [0.25, 0.3) is 0 Å². The van der Waals surface area contributed by atoms with E-state index in [0.717, 1.165) is 43.3 Å². The molecule has 138 valence electrons. The van der Waals surface area contributed by atoms with Gasteiger partial charge in [0, 0.05) is 55.3 Å². The number of rotatable bonds is 5. The van der Waals surface area contributed by atoms with E-state index >= 15 is 0 Å². The number of nitrogens with one attached hydrogen (secondary N) is 1. The van der Waals surface area contributed by atoms with Crippen LogP contribution in [0, 0.1) is 11.2 Å². The smallest absolute Gasteiger partial charge is 0.128 e. The molecule has 1 aromatic heterocycles. The van der Waals surface area contributed by atoms with Crippen molar-refractivity contribution in [1.82, 2.24) is 14.8 Å². The third-order valence-electron chi connectivity index (χ3n) is 4.37. The van der Waals surface area contributed by atoms with E-state index in [-0.39, 0.29) is 5.82 Å². The number of aromatic nitrogens is 1. The van der Waals surface area contributed by atoms with Crippen molar-refractivity contribution in [3.63, 3.8) is 0 Å². The van der Waals surface area contributed by atoms with Gasteiger partial charge in [-0.3, -0.25) is 10.3 Å². The number of hydrogen-bond donors (Lipinski definition) is 1. The molecule has 2 heterocycles. The highest BCUT2D eigenvalue weighted by Gasteiger charge is 2.19. The van der Waals surface area contributed by atoms with Gasteiger partial charge in [0.05, 0.1) is 0 Å². The lowest BCUT2D eigenvalue weighted by molar-refractivity contribution is 0.175. The van der Waals surface area contributed by atoms with Crippen LogP contribution in [0.5, 0.6) is 0 Å². The zero-order valence-electron chi connectivity index (χ0n) is 14.3. The molecule has 0 aliphatic carbocycles. The van der Waals surface area contributed by atoms with Gasteiger partial charge in [0.1, 0.15) is 16.4 Å².